The van der Waals surface area contributed by atoms with E-state index in [1.54, 1.807) is 12.4 Å². The Kier molecular flexibility index (Phi) is 4.39. The number of benzene rings is 2. The van der Waals surface area contributed by atoms with Crippen LogP contribution in [0.4, 0.5) is 5.95 Å². The van der Waals surface area contributed by atoms with Gasteiger partial charge in [0.2, 0.25) is 0 Å². The molecule has 0 bridgehead atoms. The maximum absolute atomic E-state index is 11.7. The highest BCUT2D eigenvalue weighted by Gasteiger charge is 2.05. The Bertz CT molecular complexity index is 864. The van der Waals surface area contributed by atoms with Crippen molar-refractivity contribution in [1.82, 2.24) is 14.9 Å². The van der Waals surface area contributed by atoms with Gasteiger partial charge in [-0.3, -0.25) is 0 Å². The first-order chi connectivity index (χ1) is 11.3. The van der Waals surface area contributed by atoms with Crippen molar-refractivity contribution in [2.45, 2.75) is 0 Å². The molecule has 3 rings (SSSR count). The van der Waals surface area contributed by atoms with Gasteiger partial charge < -0.3 is 0 Å². The number of hydrogen-bond acceptors (Lipinski definition) is 5. The highest BCUT2D eigenvalue weighted by Crippen LogP contribution is 2.00. The first kappa shape index (κ1) is 14.5. The van der Waals surface area contributed by atoms with Gasteiger partial charge in [-0.25, -0.2) is 15.3 Å². The molecule has 0 atom stereocenters. The Morgan fingerprint density at radius 2 is 1.57 bits per heavy atom. The van der Waals surface area contributed by atoms with Crippen LogP contribution >= 0.6 is 0 Å². The minimum absolute atomic E-state index is 0.203. The molecular formula is C16H14N6O. The Morgan fingerprint density at radius 3 is 2.22 bits per heavy atom. The van der Waals surface area contributed by atoms with Crippen LogP contribution < -0.4 is 11.1 Å². The average Bonchev–Trinajstić information content (AvgIpc) is 2.95. The second-order valence-electron chi connectivity index (χ2n) is 4.60. The number of aromatic nitrogens is 3. The molecule has 1 heterocycles. The molecule has 2 aromatic carbocycles. The molecule has 2 N–H and O–H groups in total. The van der Waals surface area contributed by atoms with E-state index in [4.69, 9.17) is 0 Å². The molecule has 0 saturated carbocycles. The molecule has 0 radical (unpaired) electrons. The zero-order chi connectivity index (χ0) is 15.9. The second-order valence-corrected chi connectivity index (χ2v) is 4.60. The maximum atomic E-state index is 11.7. The molecular weight excluding hydrogens is 292 g/mol. The molecule has 0 aliphatic carbocycles. The molecule has 23 heavy (non-hydrogen) atoms. The lowest BCUT2D eigenvalue weighted by Gasteiger charge is -1.98. The SMILES string of the molecule is O=c1[nH]nc(NN=Cc2ccccc2)n1N=Cc1ccccc1. The van der Waals surface area contributed by atoms with Crippen LogP contribution in [0.25, 0.3) is 0 Å². The van der Waals surface area contributed by atoms with Gasteiger partial charge in [0.1, 0.15) is 0 Å². The third kappa shape index (κ3) is 3.79. The first-order valence-corrected chi connectivity index (χ1v) is 6.94. The Morgan fingerprint density at radius 1 is 0.957 bits per heavy atom. The molecule has 0 spiro atoms. The largest absolute Gasteiger partial charge is 0.365 e. The van der Waals surface area contributed by atoms with E-state index in [0.29, 0.717) is 0 Å². The lowest BCUT2D eigenvalue weighted by Crippen LogP contribution is -2.14. The summed E-state index contributed by atoms with van der Waals surface area (Å²) in [4.78, 5) is 11.7. The monoisotopic (exact) mass is 306 g/mol. The molecule has 7 heteroatoms. The summed E-state index contributed by atoms with van der Waals surface area (Å²) in [6.45, 7) is 0. The van der Waals surface area contributed by atoms with Crippen molar-refractivity contribution >= 4 is 18.4 Å². The number of H-pyrrole nitrogens is 1. The molecule has 0 amide bonds. The van der Waals surface area contributed by atoms with Crippen LogP contribution in [0, 0.1) is 0 Å². The van der Waals surface area contributed by atoms with E-state index in [0.717, 1.165) is 15.8 Å². The highest BCUT2D eigenvalue weighted by molar-refractivity contribution is 5.80. The smallest absolute Gasteiger partial charge is 0.244 e. The minimum atomic E-state index is -0.449. The number of aromatic amines is 1. The van der Waals surface area contributed by atoms with Crippen molar-refractivity contribution < 1.29 is 0 Å². The van der Waals surface area contributed by atoms with Crippen molar-refractivity contribution in [3.8, 4) is 0 Å². The summed E-state index contributed by atoms with van der Waals surface area (Å²) in [5.41, 5.74) is 4.05. The van der Waals surface area contributed by atoms with E-state index in [9.17, 15) is 4.79 Å². The molecule has 0 unspecified atom stereocenters. The quantitative estimate of drug-likeness (QED) is 0.557. The fraction of sp³-hybridized carbons (Fsp3) is 0. The summed E-state index contributed by atoms with van der Waals surface area (Å²) in [6, 6.07) is 19.0. The van der Waals surface area contributed by atoms with Gasteiger partial charge in [0.25, 0.3) is 5.95 Å². The van der Waals surface area contributed by atoms with Crippen LogP contribution in [0.3, 0.4) is 0 Å². The van der Waals surface area contributed by atoms with Crippen molar-refractivity contribution in [3.63, 3.8) is 0 Å². The van der Waals surface area contributed by atoms with Gasteiger partial charge in [0, 0.05) is 0 Å². The summed E-state index contributed by atoms with van der Waals surface area (Å²) < 4.78 is 1.11. The molecule has 0 aliphatic rings. The fourth-order valence-corrected chi connectivity index (χ4v) is 1.84. The van der Waals surface area contributed by atoms with E-state index in [1.807, 2.05) is 60.7 Å². The Labute approximate surface area is 132 Å². The average molecular weight is 306 g/mol. The molecule has 3 aromatic rings. The van der Waals surface area contributed by atoms with Crippen LogP contribution in [0.1, 0.15) is 11.1 Å². The van der Waals surface area contributed by atoms with E-state index in [2.05, 4.69) is 25.8 Å². The fourth-order valence-electron chi connectivity index (χ4n) is 1.84. The number of hydrogen-bond donors (Lipinski definition) is 2. The molecule has 0 saturated heterocycles. The van der Waals surface area contributed by atoms with Crippen LogP contribution in [-0.2, 0) is 0 Å². The minimum Gasteiger partial charge on any atom is -0.244 e. The van der Waals surface area contributed by atoms with Crippen molar-refractivity contribution in [2.24, 2.45) is 10.2 Å². The molecule has 0 fully saturated rings. The van der Waals surface area contributed by atoms with Crippen LogP contribution in [0.15, 0.2) is 75.7 Å². The van der Waals surface area contributed by atoms with E-state index < -0.39 is 5.69 Å². The summed E-state index contributed by atoms with van der Waals surface area (Å²) in [5.74, 6) is 0.203. The molecule has 7 nitrogen and oxygen atoms in total. The maximum Gasteiger partial charge on any atom is 0.365 e. The van der Waals surface area contributed by atoms with Gasteiger partial charge in [0.15, 0.2) is 0 Å². The number of nitrogens with zero attached hydrogens (tertiary/aromatic N) is 4. The number of rotatable bonds is 5. The van der Waals surface area contributed by atoms with Crippen LogP contribution in [-0.4, -0.2) is 27.3 Å². The number of hydrazone groups is 1. The van der Waals surface area contributed by atoms with Gasteiger partial charge in [-0.15, -0.1) is 9.77 Å². The zero-order valence-corrected chi connectivity index (χ0v) is 12.1. The van der Waals surface area contributed by atoms with Crippen LogP contribution in [0.5, 0.6) is 0 Å². The molecule has 114 valence electrons. The zero-order valence-electron chi connectivity index (χ0n) is 12.1. The second kappa shape index (κ2) is 6.99. The van der Waals surface area contributed by atoms with Crippen molar-refractivity contribution in [3.05, 3.63) is 82.3 Å². The van der Waals surface area contributed by atoms with Gasteiger partial charge >= 0.3 is 5.69 Å². The highest BCUT2D eigenvalue weighted by atomic mass is 16.2. The number of nitrogens with one attached hydrogen (secondary N) is 2. The predicted octanol–water partition coefficient (Wildman–Crippen LogP) is 1.90. The third-order valence-corrected chi connectivity index (χ3v) is 2.95. The number of anilines is 1. The summed E-state index contributed by atoms with van der Waals surface area (Å²) in [6.07, 6.45) is 3.20. The first-order valence-electron chi connectivity index (χ1n) is 6.94. The third-order valence-electron chi connectivity index (χ3n) is 2.95. The van der Waals surface area contributed by atoms with Gasteiger partial charge in [-0.2, -0.15) is 10.2 Å². The van der Waals surface area contributed by atoms with Crippen molar-refractivity contribution in [1.29, 1.82) is 0 Å². The molecule has 0 aliphatic heterocycles. The predicted molar refractivity (Wildman–Crippen MR) is 89.9 cm³/mol. The normalized spacial score (nSPS) is 11.3. The molecule has 1 aromatic heterocycles. The van der Waals surface area contributed by atoms with Gasteiger partial charge in [-0.1, -0.05) is 60.7 Å². The Balaban J connectivity index is 1.75. The standard InChI is InChI=1S/C16H14N6O/c23-16-21-20-15(19-17-11-13-7-3-1-4-8-13)22(16)18-12-14-9-5-2-6-10-14/h1-12H,(H,19,20)(H,21,23). The van der Waals surface area contributed by atoms with E-state index in [1.165, 1.54) is 0 Å². The summed E-state index contributed by atoms with van der Waals surface area (Å²) in [5, 5.41) is 14.3. The van der Waals surface area contributed by atoms with Gasteiger partial charge in [0.05, 0.1) is 12.4 Å². The summed E-state index contributed by atoms with van der Waals surface area (Å²) >= 11 is 0. The lowest BCUT2D eigenvalue weighted by molar-refractivity contribution is 0.837. The topological polar surface area (TPSA) is 87.4 Å². The van der Waals surface area contributed by atoms with Crippen molar-refractivity contribution in [2.75, 3.05) is 5.43 Å². The summed E-state index contributed by atoms with van der Waals surface area (Å²) in [7, 11) is 0. The lowest BCUT2D eigenvalue weighted by atomic mass is 10.2. The van der Waals surface area contributed by atoms with Gasteiger partial charge in [-0.05, 0) is 11.1 Å². The Hall–Kier alpha value is -3.48. The van der Waals surface area contributed by atoms with Crippen LogP contribution in [0.2, 0.25) is 0 Å². The van der Waals surface area contributed by atoms with E-state index >= 15 is 0 Å². The van der Waals surface area contributed by atoms with E-state index in [-0.39, 0.29) is 5.95 Å².